The maximum Gasteiger partial charge on any atom is 0.325 e. The van der Waals surface area contributed by atoms with E-state index in [1.165, 1.54) is 0 Å². The highest BCUT2D eigenvalue weighted by Crippen LogP contribution is 2.70. The number of Topliss-reactive ketones (excluding diaryl/α,β-unsaturated/α-hetero) is 1. The van der Waals surface area contributed by atoms with E-state index in [2.05, 4.69) is 0 Å². The number of fused-ring (bicyclic) bond motifs is 2. The minimum atomic E-state index is -1.02. The number of carbonyl (C=O) groups is 2. The quantitative estimate of drug-likeness (QED) is 0.718. The Morgan fingerprint density at radius 1 is 1.31 bits per heavy atom. The van der Waals surface area contributed by atoms with Crippen LogP contribution < -0.4 is 0 Å². The van der Waals surface area contributed by atoms with Crippen LogP contribution in [0.2, 0.25) is 0 Å². The molecule has 3 fully saturated rings. The molecule has 3 rings (SSSR count). The number of rotatable bonds is 1. The molecule has 0 saturated heterocycles. The average molecular weight is 243 g/mol. The Bertz CT molecular complexity index is 362. The number of hydrogen-bond acceptors (Lipinski definition) is 2. The van der Waals surface area contributed by atoms with Gasteiger partial charge >= 0.3 is 5.97 Å². The van der Waals surface area contributed by atoms with Crippen LogP contribution in [0.1, 0.15) is 38.5 Å². The van der Waals surface area contributed by atoms with Crippen LogP contribution in [0.5, 0.6) is 0 Å². The molecule has 1 unspecified atom stereocenters. The molecule has 3 aliphatic carbocycles. The van der Waals surface area contributed by atoms with Gasteiger partial charge in [-0.2, -0.15) is 0 Å². The Labute approximate surface area is 99.2 Å². The fraction of sp³-hybridized carbons (Fsp3) is 0.833. The lowest BCUT2D eigenvalue weighted by molar-refractivity contribution is -0.138. The summed E-state index contributed by atoms with van der Waals surface area (Å²) in [4.78, 5) is 21.6. The van der Waals surface area contributed by atoms with Crippen LogP contribution >= 0.6 is 11.6 Å². The van der Waals surface area contributed by atoms with Gasteiger partial charge in [-0.15, -0.1) is 11.6 Å². The highest BCUT2D eigenvalue weighted by Gasteiger charge is 2.73. The first-order chi connectivity index (χ1) is 7.45. The first kappa shape index (κ1) is 10.6. The van der Waals surface area contributed by atoms with E-state index in [1.807, 2.05) is 0 Å². The monoisotopic (exact) mass is 242 g/mol. The van der Waals surface area contributed by atoms with E-state index in [9.17, 15) is 9.59 Å². The number of hydrogen-bond donors (Lipinski definition) is 1. The van der Waals surface area contributed by atoms with Crippen LogP contribution in [-0.4, -0.2) is 21.7 Å². The van der Waals surface area contributed by atoms with Crippen molar-refractivity contribution in [2.24, 2.45) is 17.3 Å². The van der Waals surface area contributed by atoms with Gasteiger partial charge < -0.3 is 5.11 Å². The second-order valence-electron chi connectivity index (χ2n) is 5.89. The zero-order valence-electron chi connectivity index (χ0n) is 9.04. The summed E-state index contributed by atoms with van der Waals surface area (Å²) in [7, 11) is 0. The summed E-state index contributed by atoms with van der Waals surface area (Å²) in [5, 5.41) is 9.15. The molecule has 1 N–H and O–H groups in total. The van der Waals surface area contributed by atoms with E-state index in [4.69, 9.17) is 16.7 Å². The fourth-order valence-electron chi connectivity index (χ4n) is 4.06. The molecule has 3 nitrogen and oxygen atoms in total. The third-order valence-corrected chi connectivity index (χ3v) is 5.39. The summed E-state index contributed by atoms with van der Waals surface area (Å²) in [6.45, 7) is 0. The molecule has 4 heteroatoms. The van der Waals surface area contributed by atoms with Gasteiger partial charge in [-0.3, -0.25) is 9.59 Å². The molecule has 0 aromatic heterocycles. The van der Waals surface area contributed by atoms with Crippen molar-refractivity contribution in [3.05, 3.63) is 0 Å². The average Bonchev–Trinajstić information content (AvgIpc) is 2.68. The van der Waals surface area contributed by atoms with Gasteiger partial charge in [0.15, 0.2) is 0 Å². The normalized spacial score (nSPS) is 50.4. The first-order valence-corrected chi connectivity index (χ1v) is 6.27. The summed E-state index contributed by atoms with van der Waals surface area (Å²) in [5.74, 6) is 0.257. The number of carbonyl (C=O) groups excluding carboxylic acids is 1. The largest absolute Gasteiger partial charge is 0.480 e. The van der Waals surface area contributed by atoms with E-state index < -0.39 is 10.8 Å². The molecular weight excluding hydrogens is 228 g/mol. The predicted molar refractivity (Wildman–Crippen MR) is 58.3 cm³/mol. The molecule has 0 radical (unpaired) electrons. The standard InChI is InChI=1S/C12H15ClO3/c13-12(10(15)16)6-11(12)4-7-1-8(5-11)3-9(14)2-7/h7-8H,1-6H2,(H,15,16)/t7-,8+,11?,12-/m0/s1. The zero-order chi connectivity index (χ0) is 11.6. The van der Waals surface area contributed by atoms with E-state index in [0.29, 0.717) is 36.9 Å². The molecule has 0 heterocycles. The Hall–Kier alpha value is -0.570. The molecule has 16 heavy (non-hydrogen) atoms. The van der Waals surface area contributed by atoms with Crippen molar-refractivity contribution in [3.8, 4) is 0 Å². The molecule has 0 amide bonds. The SMILES string of the molecule is O=C1C[C@@H]2C[C@H](C1)CC1(C2)C[C@]1(Cl)C(=O)O. The van der Waals surface area contributed by atoms with Gasteiger partial charge in [0.05, 0.1) is 0 Å². The summed E-state index contributed by atoms with van der Waals surface area (Å²) in [6, 6.07) is 0. The lowest BCUT2D eigenvalue weighted by atomic mass is 9.65. The maximum absolute atomic E-state index is 11.5. The van der Waals surface area contributed by atoms with Crippen LogP contribution in [-0.2, 0) is 9.59 Å². The lowest BCUT2D eigenvalue weighted by Crippen LogP contribution is -2.37. The molecule has 4 atom stereocenters. The number of alkyl halides is 1. The van der Waals surface area contributed by atoms with Crippen LogP contribution in [0.25, 0.3) is 0 Å². The van der Waals surface area contributed by atoms with E-state index in [-0.39, 0.29) is 5.41 Å². The predicted octanol–water partition coefficient (Wildman–Crippen LogP) is 2.22. The summed E-state index contributed by atoms with van der Waals surface area (Å²) >= 11 is 6.18. The topological polar surface area (TPSA) is 54.4 Å². The third-order valence-electron chi connectivity index (χ3n) is 4.69. The number of ketones is 1. The Balaban J connectivity index is 1.82. The molecule has 1 spiro atoms. The van der Waals surface area contributed by atoms with Crippen molar-refractivity contribution in [3.63, 3.8) is 0 Å². The molecule has 2 bridgehead atoms. The van der Waals surface area contributed by atoms with Gasteiger partial charge in [0, 0.05) is 18.3 Å². The number of halogens is 1. The minimum absolute atomic E-state index is 0.200. The molecule has 0 aliphatic heterocycles. The van der Waals surface area contributed by atoms with Gasteiger partial charge in [0.1, 0.15) is 10.7 Å². The van der Waals surface area contributed by atoms with Crippen molar-refractivity contribution in [1.82, 2.24) is 0 Å². The minimum Gasteiger partial charge on any atom is -0.480 e. The van der Waals surface area contributed by atoms with Gasteiger partial charge in [0.25, 0.3) is 0 Å². The Kier molecular flexibility index (Phi) is 1.99. The molecule has 3 saturated carbocycles. The van der Waals surface area contributed by atoms with Gasteiger partial charge in [-0.05, 0) is 37.5 Å². The van der Waals surface area contributed by atoms with Crippen molar-refractivity contribution in [1.29, 1.82) is 0 Å². The maximum atomic E-state index is 11.5. The number of aliphatic carboxylic acids is 1. The first-order valence-electron chi connectivity index (χ1n) is 5.89. The Morgan fingerprint density at radius 2 is 1.88 bits per heavy atom. The second-order valence-corrected chi connectivity index (χ2v) is 6.53. The molecule has 88 valence electrons. The van der Waals surface area contributed by atoms with Crippen LogP contribution in [0.15, 0.2) is 0 Å². The number of carboxylic acids is 1. The van der Waals surface area contributed by atoms with Gasteiger partial charge in [-0.25, -0.2) is 0 Å². The van der Waals surface area contributed by atoms with Crippen LogP contribution in [0.3, 0.4) is 0 Å². The smallest absolute Gasteiger partial charge is 0.325 e. The van der Waals surface area contributed by atoms with Crippen molar-refractivity contribution in [2.75, 3.05) is 0 Å². The van der Waals surface area contributed by atoms with Crippen molar-refractivity contribution < 1.29 is 14.7 Å². The lowest BCUT2D eigenvalue weighted by Gasteiger charge is -2.39. The van der Waals surface area contributed by atoms with Gasteiger partial charge in [-0.1, -0.05) is 0 Å². The summed E-state index contributed by atoms with van der Waals surface area (Å²) in [6.07, 6.45) is 4.66. The second kappa shape index (κ2) is 3.00. The molecule has 0 aromatic carbocycles. The van der Waals surface area contributed by atoms with E-state index in [1.54, 1.807) is 0 Å². The Morgan fingerprint density at radius 3 is 2.31 bits per heavy atom. The molecule has 0 aromatic rings. The highest BCUT2D eigenvalue weighted by molar-refractivity contribution is 6.37. The molecular formula is C12H15ClO3. The zero-order valence-corrected chi connectivity index (χ0v) is 9.79. The highest BCUT2D eigenvalue weighted by atomic mass is 35.5. The van der Waals surface area contributed by atoms with E-state index in [0.717, 1.165) is 19.3 Å². The fourth-order valence-corrected chi connectivity index (χ4v) is 4.47. The van der Waals surface area contributed by atoms with Crippen LogP contribution in [0.4, 0.5) is 0 Å². The number of carboxylic acid groups (broad SMARTS) is 1. The molecule has 3 aliphatic rings. The summed E-state index contributed by atoms with van der Waals surface area (Å²) < 4.78 is 0. The van der Waals surface area contributed by atoms with Crippen molar-refractivity contribution in [2.45, 2.75) is 43.4 Å². The third kappa shape index (κ3) is 1.27. The van der Waals surface area contributed by atoms with Crippen molar-refractivity contribution >= 4 is 23.4 Å². The van der Waals surface area contributed by atoms with E-state index >= 15 is 0 Å². The van der Waals surface area contributed by atoms with Gasteiger partial charge in [0.2, 0.25) is 0 Å². The van der Waals surface area contributed by atoms with Crippen LogP contribution in [0, 0.1) is 17.3 Å². The summed E-state index contributed by atoms with van der Waals surface area (Å²) in [5.41, 5.74) is -0.200.